The number of methoxy groups -OCH3 is 1. The van der Waals surface area contributed by atoms with Gasteiger partial charge in [-0.25, -0.2) is 9.79 Å². The van der Waals surface area contributed by atoms with Crippen LogP contribution in [0.1, 0.15) is 22.3 Å². The van der Waals surface area contributed by atoms with Crippen molar-refractivity contribution in [3.63, 3.8) is 0 Å². The molecule has 4 rings (SSSR count). The molecule has 1 aliphatic heterocycles. The van der Waals surface area contributed by atoms with Crippen LogP contribution >= 0.6 is 23.2 Å². The highest BCUT2D eigenvalue weighted by atomic mass is 35.5. The molecule has 1 aliphatic rings. The number of nitrogens with zero attached hydrogens (tertiary/aromatic N) is 1. The van der Waals surface area contributed by atoms with E-state index in [2.05, 4.69) is 4.99 Å². The number of hydrogen-bond acceptors (Lipinski definition) is 5. The van der Waals surface area contributed by atoms with Gasteiger partial charge in [0.15, 0.2) is 17.2 Å². The molecule has 0 radical (unpaired) electrons. The number of halogens is 2. The first-order chi connectivity index (χ1) is 15.4. The van der Waals surface area contributed by atoms with Crippen LogP contribution in [0, 0.1) is 6.92 Å². The van der Waals surface area contributed by atoms with Crippen molar-refractivity contribution in [2.24, 2.45) is 4.99 Å². The third kappa shape index (κ3) is 4.79. The van der Waals surface area contributed by atoms with E-state index in [0.717, 1.165) is 11.1 Å². The molecule has 0 bridgehead atoms. The fraction of sp³-hybridized carbons (Fsp3) is 0.120. The lowest BCUT2D eigenvalue weighted by Crippen LogP contribution is -2.05. The van der Waals surface area contributed by atoms with E-state index in [1.807, 2.05) is 37.3 Å². The number of carbonyl (C=O) groups excluding carboxylic acids is 1. The first kappa shape index (κ1) is 21.9. The van der Waals surface area contributed by atoms with Gasteiger partial charge in [-0.1, -0.05) is 53.5 Å². The van der Waals surface area contributed by atoms with Crippen LogP contribution in [0.2, 0.25) is 10.0 Å². The normalized spacial score (nSPS) is 14.3. The van der Waals surface area contributed by atoms with Crippen molar-refractivity contribution in [1.29, 1.82) is 0 Å². The molecule has 5 nitrogen and oxygen atoms in total. The summed E-state index contributed by atoms with van der Waals surface area (Å²) in [4.78, 5) is 16.6. The van der Waals surface area contributed by atoms with Gasteiger partial charge in [0.1, 0.15) is 6.61 Å². The van der Waals surface area contributed by atoms with Crippen LogP contribution in [0.5, 0.6) is 11.5 Å². The summed E-state index contributed by atoms with van der Waals surface area (Å²) in [6.45, 7) is 2.46. The van der Waals surface area contributed by atoms with Crippen molar-refractivity contribution >= 4 is 41.1 Å². The maximum atomic E-state index is 12.3. The summed E-state index contributed by atoms with van der Waals surface area (Å²) in [6, 6.07) is 18.3. The molecule has 3 aromatic carbocycles. The second-order valence-electron chi connectivity index (χ2n) is 7.09. The predicted octanol–water partition coefficient (Wildman–Crippen LogP) is 6.23. The lowest BCUT2D eigenvalue weighted by atomic mass is 10.1. The second-order valence-corrected chi connectivity index (χ2v) is 7.93. The van der Waals surface area contributed by atoms with E-state index < -0.39 is 5.97 Å². The largest absolute Gasteiger partial charge is 0.493 e. The molecule has 7 heteroatoms. The Hall–Kier alpha value is -3.28. The molecule has 1 heterocycles. The Morgan fingerprint density at radius 1 is 1.03 bits per heavy atom. The number of esters is 1. The van der Waals surface area contributed by atoms with E-state index in [0.29, 0.717) is 39.3 Å². The molecule has 0 fully saturated rings. The number of aliphatic imine (C=N–C) groups is 1. The van der Waals surface area contributed by atoms with E-state index in [-0.39, 0.29) is 11.6 Å². The molecule has 0 atom stereocenters. The highest BCUT2D eigenvalue weighted by molar-refractivity contribution is 6.37. The first-order valence-electron chi connectivity index (χ1n) is 9.78. The molecule has 3 aromatic rings. The van der Waals surface area contributed by atoms with E-state index in [1.54, 1.807) is 43.5 Å². The number of carbonyl (C=O) groups is 1. The summed E-state index contributed by atoms with van der Waals surface area (Å²) >= 11 is 12.1. The van der Waals surface area contributed by atoms with Gasteiger partial charge < -0.3 is 14.2 Å². The minimum atomic E-state index is -0.565. The Bertz CT molecular complexity index is 1250. The molecule has 0 N–H and O–H groups in total. The van der Waals surface area contributed by atoms with E-state index in [9.17, 15) is 4.79 Å². The van der Waals surface area contributed by atoms with Gasteiger partial charge in [0, 0.05) is 5.02 Å². The summed E-state index contributed by atoms with van der Waals surface area (Å²) in [5.41, 5.74) is 3.61. The zero-order valence-corrected chi connectivity index (χ0v) is 18.9. The van der Waals surface area contributed by atoms with Gasteiger partial charge >= 0.3 is 5.97 Å². The van der Waals surface area contributed by atoms with Crippen molar-refractivity contribution < 1.29 is 19.0 Å². The molecule has 0 aromatic heterocycles. The topological polar surface area (TPSA) is 57.1 Å². The van der Waals surface area contributed by atoms with Gasteiger partial charge in [0.2, 0.25) is 5.90 Å². The van der Waals surface area contributed by atoms with Crippen LogP contribution in [-0.2, 0) is 16.1 Å². The number of benzene rings is 3. The van der Waals surface area contributed by atoms with Gasteiger partial charge in [0.05, 0.1) is 17.7 Å². The quantitative estimate of drug-likeness (QED) is 0.318. The molecule has 0 saturated carbocycles. The smallest absolute Gasteiger partial charge is 0.363 e. The number of rotatable bonds is 6. The fourth-order valence-electron chi connectivity index (χ4n) is 3.17. The average Bonchev–Trinajstić information content (AvgIpc) is 3.13. The SMILES string of the molecule is COc1cc(C=C2N=C(c3ccc(Cl)cc3Cl)OC2=O)ccc1OCc1ccccc1C. The standard InChI is InChI=1S/C25H19Cl2NO4/c1-15-5-3-4-6-17(15)14-31-22-10-7-16(12-23(22)30-2)11-21-25(29)32-24(28-21)19-9-8-18(26)13-20(19)27/h3-13H,14H2,1-2H3. The maximum absolute atomic E-state index is 12.3. The molecule has 0 spiro atoms. The zero-order chi connectivity index (χ0) is 22.7. The minimum Gasteiger partial charge on any atom is -0.493 e. The monoisotopic (exact) mass is 467 g/mol. The van der Waals surface area contributed by atoms with Crippen LogP contribution < -0.4 is 9.47 Å². The third-order valence-corrected chi connectivity index (χ3v) is 5.47. The van der Waals surface area contributed by atoms with Crippen LogP contribution in [0.15, 0.2) is 71.4 Å². The maximum Gasteiger partial charge on any atom is 0.363 e. The predicted molar refractivity (Wildman–Crippen MR) is 126 cm³/mol. The van der Waals surface area contributed by atoms with E-state index in [1.165, 1.54) is 0 Å². The molecular weight excluding hydrogens is 449 g/mol. The molecule has 162 valence electrons. The fourth-order valence-corrected chi connectivity index (χ4v) is 3.66. The Morgan fingerprint density at radius 2 is 1.84 bits per heavy atom. The highest BCUT2D eigenvalue weighted by Gasteiger charge is 2.25. The Labute approximate surface area is 195 Å². The summed E-state index contributed by atoms with van der Waals surface area (Å²) in [5.74, 6) is 0.714. The summed E-state index contributed by atoms with van der Waals surface area (Å²) in [7, 11) is 1.56. The van der Waals surface area contributed by atoms with Crippen LogP contribution in [-0.4, -0.2) is 19.0 Å². The van der Waals surface area contributed by atoms with Gasteiger partial charge in [-0.3, -0.25) is 0 Å². The minimum absolute atomic E-state index is 0.132. The van der Waals surface area contributed by atoms with Crippen molar-refractivity contribution in [3.05, 3.63) is 98.7 Å². The third-order valence-electron chi connectivity index (χ3n) is 4.92. The average molecular weight is 468 g/mol. The Balaban J connectivity index is 1.56. The number of aryl methyl sites for hydroxylation is 1. The van der Waals surface area contributed by atoms with Crippen LogP contribution in [0.3, 0.4) is 0 Å². The molecule has 0 amide bonds. The molecule has 0 aliphatic carbocycles. The van der Waals surface area contributed by atoms with Gasteiger partial charge in [-0.2, -0.15) is 0 Å². The van der Waals surface area contributed by atoms with Crippen molar-refractivity contribution in [2.75, 3.05) is 7.11 Å². The Morgan fingerprint density at radius 3 is 2.59 bits per heavy atom. The van der Waals surface area contributed by atoms with Crippen molar-refractivity contribution in [2.45, 2.75) is 13.5 Å². The summed E-state index contributed by atoms with van der Waals surface area (Å²) in [6.07, 6.45) is 1.62. The van der Waals surface area contributed by atoms with Crippen molar-refractivity contribution in [3.8, 4) is 11.5 Å². The number of ether oxygens (including phenoxy) is 3. The molecule has 0 saturated heterocycles. The highest BCUT2D eigenvalue weighted by Crippen LogP contribution is 2.31. The van der Waals surface area contributed by atoms with E-state index in [4.69, 9.17) is 37.4 Å². The Kier molecular flexibility index (Phi) is 6.49. The van der Waals surface area contributed by atoms with Gasteiger partial charge in [-0.05, 0) is 60.0 Å². The molecular formula is C25H19Cl2NO4. The summed E-state index contributed by atoms with van der Waals surface area (Å²) in [5, 5.41) is 0.832. The first-order valence-corrected chi connectivity index (χ1v) is 10.5. The van der Waals surface area contributed by atoms with Gasteiger partial charge in [0.25, 0.3) is 0 Å². The number of cyclic esters (lactones) is 1. The second kappa shape index (κ2) is 9.47. The zero-order valence-electron chi connectivity index (χ0n) is 17.4. The molecule has 32 heavy (non-hydrogen) atoms. The number of hydrogen-bond donors (Lipinski definition) is 0. The van der Waals surface area contributed by atoms with Crippen LogP contribution in [0.4, 0.5) is 0 Å². The molecule has 0 unspecified atom stereocenters. The van der Waals surface area contributed by atoms with E-state index >= 15 is 0 Å². The lowest BCUT2D eigenvalue weighted by Gasteiger charge is -2.12. The lowest BCUT2D eigenvalue weighted by molar-refractivity contribution is -0.129. The van der Waals surface area contributed by atoms with Crippen LogP contribution in [0.25, 0.3) is 6.08 Å². The van der Waals surface area contributed by atoms with Crippen molar-refractivity contribution in [1.82, 2.24) is 0 Å². The van der Waals surface area contributed by atoms with Gasteiger partial charge in [-0.15, -0.1) is 0 Å². The summed E-state index contributed by atoms with van der Waals surface area (Å²) < 4.78 is 16.7.